The first-order chi connectivity index (χ1) is 10.6. The lowest BCUT2D eigenvalue weighted by molar-refractivity contribution is 0.247. The van der Waals surface area contributed by atoms with Gasteiger partial charge in [-0.2, -0.15) is 0 Å². The predicted molar refractivity (Wildman–Crippen MR) is 89.6 cm³/mol. The maximum atomic E-state index is 11.9. The van der Waals surface area contributed by atoms with Crippen LogP contribution in [-0.2, 0) is 0 Å². The quantitative estimate of drug-likeness (QED) is 0.825. The molecule has 0 aliphatic carbocycles. The lowest BCUT2D eigenvalue weighted by Gasteiger charge is -2.13. The van der Waals surface area contributed by atoms with Crippen molar-refractivity contribution in [3.63, 3.8) is 0 Å². The van der Waals surface area contributed by atoms with Crippen molar-refractivity contribution in [1.29, 1.82) is 0 Å². The van der Waals surface area contributed by atoms with E-state index >= 15 is 0 Å². The van der Waals surface area contributed by atoms with E-state index in [1.807, 2.05) is 51.1 Å². The lowest BCUT2D eigenvalue weighted by Crippen LogP contribution is -2.32. The lowest BCUT2D eigenvalue weighted by atomic mass is 10.1. The van der Waals surface area contributed by atoms with Gasteiger partial charge in [0.2, 0.25) is 0 Å². The molecule has 116 valence electrons. The van der Waals surface area contributed by atoms with E-state index in [2.05, 4.69) is 22.8 Å². The molecule has 4 heteroatoms. The number of amides is 2. The smallest absolute Gasteiger partial charge is 0.319 e. The van der Waals surface area contributed by atoms with Crippen LogP contribution in [0.25, 0.3) is 0 Å². The van der Waals surface area contributed by atoms with Gasteiger partial charge in [-0.25, -0.2) is 4.79 Å². The molecule has 0 saturated carbocycles. The van der Waals surface area contributed by atoms with Crippen LogP contribution in [0, 0.1) is 20.8 Å². The Morgan fingerprint density at radius 1 is 1.05 bits per heavy atom. The third-order valence-corrected chi connectivity index (χ3v) is 3.32. The Morgan fingerprint density at radius 3 is 2.32 bits per heavy atom. The fraction of sp³-hybridized carbons (Fsp3) is 0.278. The van der Waals surface area contributed by atoms with Gasteiger partial charge in [0.25, 0.3) is 0 Å². The number of ether oxygens (including phenoxy) is 1. The third-order valence-electron chi connectivity index (χ3n) is 3.32. The van der Waals surface area contributed by atoms with Gasteiger partial charge in [-0.1, -0.05) is 35.9 Å². The molecule has 0 spiro atoms. The van der Waals surface area contributed by atoms with Gasteiger partial charge in [0.05, 0.1) is 6.54 Å². The summed E-state index contributed by atoms with van der Waals surface area (Å²) in [4.78, 5) is 11.9. The Hall–Kier alpha value is -2.49. The first-order valence-corrected chi connectivity index (χ1v) is 7.37. The van der Waals surface area contributed by atoms with Crippen LogP contribution in [0.4, 0.5) is 10.5 Å². The molecule has 0 unspecified atom stereocenters. The molecule has 0 bridgehead atoms. The van der Waals surface area contributed by atoms with Gasteiger partial charge >= 0.3 is 6.03 Å². The molecule has 0 aromatic heterocycles. The van der Waals surface area contributed by atoms with E-state index in [9.17, 15) is 4.79 Å². The molecular formula is C18H22N2O2. The van der Waals surface area contributed by atoms with Crippen LogP contribution in [0.1, 0.15) is 16.7 Å². The third kappa shape index (κ3) is 4.52. The van der Waals surface area contributed by atoms with Crippen molar-refractivity contribution in [2.24, 2.45) is 0 Å². The number of urea groups is 1. The number of rotatable bonds is 5. The zero-order valence-corrected chi connectivity index (χ0v) is 13.3. The first-order valence-electron chi connectivity index (χ1n) is 7.37. The van der Waals surface area contributed by atoms with E-state index in [-0.39, 0.29) is 6.03 Å². The molecule has 2 N–H and O–H groups in total. The summed E-state index contributed by atoms with van der Waals surface area (Å²) in [6, 6.07) is 13.4. The van der Waals surface area contributed by atoms with Gasteiger partial charge < -0.3 is 15.4 Å². The fourth-order valence-electron chi connectivity index (χ4n) is 2.39. The van der Waals surface area contributed by atoms with Gasteiger partial charge in [-0.05, 0) is 44.0 Å². The Balaban J connectivity index is 1.79. The molecule has 0 aliphatic rings. The minimum absolute atomic E-state index is 0.216. The van der Waals surface area contributed by atoms with Crippen molar-refractivity contribution in [3.8, 4) is 5.75 Å². The van der Waals surface area contributed by atoms with E-state index < -0.39 is 0 Å². The second kappa shape index (κ2) is 7.50. The van der Waals surface area contributed by atoms with Crippen LogP contribution in [0.15, 0.2) is 42.5 Å². The molecule has 0 aliphatic heterocycles. The summed E-state index contributed by atoms with van der Waals surface area (Å²) in [7, 11) is 0. The van der Waals surface area contributed by atoms with Crippen LogP contribution in [0.5, 0.6) is 5.75 Å². The highest BCUT2D eigenvalue weighted by Crippen LogP contribution is 2.21. The zero-order chi connectivity index (χ0) is 15.9. The Bertz CT molecular complexity index is 616. The van der Waals surface area contributed by atoms with Crippen molar-refractivity contribution in [2.45, 2.75) is 20.8 Å². The van der Waals surface area contributed by atoms with Gasteiger partial charge in [0.15, 0.2) is 0 Å². The number of hydrogen-bond acceptors (Lipinski definition) is 2. The van der Waals surface area contributed by atoms with Crippen molar-refractivity contribution in [2.75, 3.05) is 18.5 Å². The second-order valence-corrected chi connectivity index (χ2v) is 5.32. The van der Waals surface area contributed by atoms with Crippen LogP contribution in [-0.4, -0.2) is 19.2 Å². The highest BCUT2D eigenvalue weighted by atomic mass is 16.5. The van der Waals surface area contributed by atoms with Crippen LogP contribution < -0.4 is 15.4 Å². The second-order valence-electron chi connectivity index (χ2n) is 5.32. The summed E-state index contributed by atoms with van der Waals surface area (Å²) < 4.78 is 5.53. The molecule has 0 heterocycles. The summed E-state index contributed by atoms with van der Waals surface area (Å²) >= 11 is 0. The maximum Gasteiger partial charge on any atom is 0.319 e. The number of benzene rings is 2. The summed E-state index contributed by atoms with van der Waals surface area (Å²) in [6.07, 6.45) is 0. The van der Waals surface area contributed by atoms with E-state index in [1.54, 1.807) is 0 Å². The van der Waals surface area contributed by atoms with Crippen LogP contribution in [0.2, 0.25) is 0 Å². The van der Waals surface area contributed by atoms with Gasteiger partial charge in [0.1, 0.15) is 12.4 Å². The number of carbonyl (C=O) groups is 1. The van der Waals surface area contributed by atoms with E-state index in [4.69, 9.17) is 4.74 Å². The Kier molecular flexibility index (Phi) is 5.42. The number of aryl methyl sites for hydroxylation is 3. The molecular weight excluding hydrogens is 276 g/mol. The number of hydrogen-bond donors (Lipinski definition) is 2. The molecule has 2 aromatic rings. The monoisotopic (exact) mass is 298 g/mol. The fourth-order valence-corrected chi connectivity index (χ4v) is 2.39. The van der Waals surface area contributed by atoms with Crippen LogP contribution in [0.3, 0.4) is 0 Å². The molecule has 0 radical (unpaired) electrons. The van der Waals surface area contributed by atoms with Crippen molar-refractivity contribution in [1.82, 2.24) is 5.32 Å². The number of para-hydroxylation sites is 1. The number of carbonyl (C=O) groups excluding carboxylic acids is 1. The normalized spacial score (nSPS) is 10.1. The average molecular weight is 298 g/mol. The minimum atomic E-state index is -0.216. The molecule has 22 heavy (non-hydrogen) atoms. The minimum Gasteiger partial charge on any atom is -0.492 e. The van der Waals surface area contributed by atoms with Crippen LogP contribution >= 0.6 is 0 Å². The standard InChI is InChI=1S/C18H22N2O2/c1-13-11-14(2)17(15(3)12-13)20-18(21)19-9-10-22-16-7-5-4-6-8-16/h4-8,11-12H,9-10H2,1-3H3,(H2,19,20,21). The Morgan fingerprint density at radius 2 is 1.68 bits per heavy atom. The van der Waals surface area contributed by atoms with E-state index in [0.29, 0.717) is 13.2 Å². The van der Waals surface area contributed by atoms with Gasteiger partial charge in [0, 0.05) is 5.69 Å². The van der Waals surface area contributed by atoms with Crippen molar-refractivity contribution >= 4 is 11.7 Å². The molecule has 0 fully saturated rings. The zero-order valence-electron chi connectivity index (χ0n) is 13.3. The molecule has 2 amide bonds. The molecule has 0 atom stereocenters. The highest BCUT2D eigenvalue weighted by molar-refractivity contribution is 5.91. The average Bonchev–Trinajstić information content (AvgIpc) is 2.48. The predicted octanol–water partition coefficient (Wildman–Crippen LogP) is 3.81. The molecule has 2 rings (SSSR count). The molecule has 0 saturated heterocycles. The maximum absolute atomic E-state index is 11.9. The topological polar surface area (TPSA) is 50.4 Å². The number of nitrogens with one attached hydrogen (secondary N) is 2. The number of anilines is 1. The summed E-state index contributed by atoms with van der Waals surface area (Å²) in [5.41, 5.74) is 4.19. The summed E-state index contributed by atoms with van der Waals surface area (Å²) in [5, 5.41) is 5.69. The van der Waals surface area contributed by atoms with Gasteiger partial charge in [-0.3, -0.25) is 0 Å². The van der Waals surface area contributed by atoms with Crippen molar-refractivity contribution in [3.05, 3.63) is 59.2 Å². The summed E-state index contributed by atoms with van der Waals surface area (Å²) in [6.45, 7) is 6.92. The SMILES string of the molecule is Cc1cc(C)c(NC(=O)NCCOc2ccccc2)c(C)c1. The Labute approximate surface area is 131 Å². The summed E-state index contributed by atoms with van der Waals surface area (Å²) in [5.74, 6) is 0.801. The van der Waals surface area contributed by atoms with Crippen molar-refractivity contribution < 1.29 is 9.53 Å². The molecule has 4 nitrogen and oxygen atoms in total. The highest BCUT2D eigenvalue weighted by Gasteiger charge is 2.07. The molecule has 2 aromatic carbocycles. The van der Waals surface area contributed by atoms with E-state index in [0.717, 1.165) is 22.6 Å². The van der Waals surface area contributed by atoms with Gasteiger partial charge in [-0.15, -0.1) is 0 Å². The van der Waals surface area contributed by atoms with E-state index in [1.165, 1.54) is 5.56 Å². The first kappa shape index (κ1) is 15.9. The largest absolute Gasteiger partial charge is 0.492 e.